The molecule has 0 spiro atoms. The summed E-state index contributed by atoms with van der Waals surface area (Å²) in [4.78, 5) is 14.1. The molecular weight excluding hydrogens is 212 g/mol. The molecule has 1 aromatic heterocycles. The molecule has 0 aliphatic rings. The Morgan fingerprint density at radius 2 is 2.21 bits per heavy atom. The van der Waals surface area contributed by atoms with Crippen molar-refractivity contribution in [2.45, 2.75) is 6.92 Å². The number of carboxylic acids is 1. The van der Waals surface area contributed by atoms with Crippen molar-refractivity contribution in [1.82, 2.24) is 4.98 Å². The molecule has 0 saturated carbocycles. The fourth-order valence-electron chi connectivity index (χ4n) is 0.782. The molecule has 8 heteroatoms. The Morgan fingerprint density at radius 3 is 2.57 bits per heavy atom. The molecule has 0 aliphatic heterocycles. The largest absolute Gasteiger partial charge is 0.476 e. The van der Waals surface area contributed by atoms with Gasteiger partial charge in [0.25, 0.3) is 11.3 Å². The summed E-state index contributed by atoms with van der Waals surface area (Å²) >= 11 is -2.29. The SMILES string of the molecule is Cc1oc(N(C)S(=O)O)nc1C(=O)O. The maximum atomic E-state index is 10.6. The van der Waals surface area contributed by atoms with E-state index >= 15 is 0 Å². The molecule has 0 fully saturated rings. The maximum Gasteiger partial charge on any atom is 0.358 e. The first-order chi connectivity index (χ1) is 6.43. The Morgan fingerprint density at radius 1 is 1.64 bits per heavy atom. The summed E-state index contributed by atoms with van der Waals surface area (Å²) in [5, 5.41) is 8.62. The van der Waals surface area contributed by atoms with E-state index in [4.69, 9.17) is 14.1 Å². The Bertz CT molecular complexity index is 388. The molecule has 78 valence electrons. The van der Waals surface area contributed by atoms with Gasteiger partial charge in [0, 0.05) is 7.05 Å². The average molecular weight is 220 g/mol. The van der Waals surface area contributed by atoms with Crippen molar-refractivity contribution in [1.29, 1.82) is 0 Å². The Kier molecular flexibility index (Phi) is 2.87. The predicted octanol–water partition coefficient (Wildman–Crippen LogP) is 0.254. The van der Waals surface area contributed by atoms with Crippen molar-refractivity contribution < 1.29 is 23.1 Å². The lowest BCUT2D eigenvalue weighted by molar-refractivity contribution is 0.0689. The smallest absolute Gasteiger partial charge is 0.358 e. The third-order valence-electron chi connectivity index (χ3n) is 1.49. The molecule has 0 radical (unpaired) electrons. The molecule has 1 unspecified atom stereocenters. The summed E-state index contributed by atoms with van der Waals surface area (Å²) in [6.45, 7) is 1.41. The van der Waals surface area contributed by atoms with E-state index < -0.39 is 17.2 Å². The molecule has 1 atom stereocenters. The number of anilines is 1. The fourth-order valence-corrected chi connectivity index (χ4v) is 0.994. The molecule has 0 aromatic carbocycles. The predicted molar refractivity (Wildman–Crippen MR) is 47.4 cm³/mol. The molecule has 1 aromatic rings. The minimum Gasteiger partial charge on any atom is -0.476 e. The molecule has 0 aliphatic carbocycles. The number of carbonyl (C=O) groups is 1. The van der Waals surface area contributed by atoms with Crippen LogP contribution < -0.4 is 4.31 Å². The summed E-state index contributed by atoms with van der Waals surface area (Å²) in [5.74, 6) is -1.15. The second-order valence-electron chi connectivity index (χ2n) is 2.43. The molecule has 0 amide bonds. The van der Waals surface area contributed by atoms with E-state index in [1.807, 2.05) is 0 Å². The normalized spacial score (nSPS) is 12.5. The lowest BCUT2D eigenvalue weighted by atomic mass is 10.4. The van der Waals surface area contributed by atoms with Crippen LogP contribution in [0.5, 0.6) is 0 Å². The van der Waals surface area contributed by atoms with Gasteiger partial charge in [0.2, 0.25) is 0 Å². The highest BCUT2D eigenvalue weighted by atomic mass is 32.2. The second-order valence-corrected chi connectivity index (χ2v) is 3.44. The molecule has 1 rings (SSSR count). The van der Waals surface area contributed by atoms with Crippen molar-refractivity contribution in [2.75, 3.05) is 11.4 Å². The van der Waals surface area contributed by atoms with Gasteiger partial charge in [-0.25, -0.2) is 13.3 Å². The second kappa shape index (κ2) is 3.76. The van der Waals surface area contributed by atoms with Crippen molar-refractivity contribution in [2.24, 2.45) is 0 Å². The highest BCUT2D eigenvalue weighted by Gasteiger charge is 2.20. The molecule has 2 N–H and O–H groups in total. The summed E-state index contributed by atoms with van der Waals surface area (Å²) in [6.07, 6.45) is 0. The number of nitrogens with zero attached hydrogens (tertiary/aromatic N) is 2. The number of carboxylic acid groups (broad SMARTS) is 1. The van der Waals surface area contributed by atoms with Gasteiger partial charge in [-0.05, 0) is 6.92 Å². The van der Waals surface area contributed by atoms with Crippen LogP contribution in [-0.4, -0.2) is 31.9 Å². The van der Waals surface area contributed by atoms with Gasteiger partial charge in [-0.15, -0.1) is 0 Å². The monoisotopic (exact) mass is 220 g/mol. The number of rotatable bonds is 3. The first-order valence-electron chi connectivity index (χ1n) is 3.49. The van der Waals surface area contributed by atoms with E-state index in [0.717, 1.165) is 4.31 Å². The summed E-state index contributed by atoms with van der Waals surface area (Å²) in [5.41, 5.74) is -0.266. The van der Waals surface area contributed by atoms with Gasteiger partial charge >= 0.3 is 12.0 Å². The summed E-state index contributed by atoms with van der Waals surface area (Å²) in [7, 11) is 1.26. The summed E-state index contributed by atoms with van der Waals surface area (Å²) in [6, 6.07) is -0.208. The standard InChI is InChI=1S/C6H8N2O5S/c1-3-4(5(9)10)7-6(13-3)8(2)14(11)12/h1-2H3,(H,9,10)(H,11,12). The number of hydrogen-bond acceptors (Lipinski definition) is 4. The fraction of sp³-hybridized carbons (Fsp3) is 0.333. The van der Waals surface area contributed by atoms with Crippen molar-refractivity contribution >= 4 is 23.3 Å². The average Bonchev–Trinajstić information content (AvgIpc) is 2.45. The zero-order chi connectivity index (χ0) is 10.9. The maximum absolute atomic E-state index is 10.6. The van der Waals surface area contributed by atoms with Gasteiger partial charge in [0.1, 0.15) is 5.76 Å². The van der Waals surface area contributed by atoms with Crippen LogP contribution in [0.1, 0.15) is 16.2 Å². The van der Waals surface area contributed by atoms with Crippen LogP contribution in [0.15, 0.2) is 4.42 Å². The van der Waals surface area contributed by atoms with E-state index in [9.17, 15) is 9.00 Å². The topological polar surface area (TPSA) is 104 Å². The zero-order valence-electron chi connectivity index (χ0n) is 7.42. The highest BCUT2D eigenvalue weighted by molar-refractivity contribution is 7.80. The van der Waals surface area contributed by atoms with Gasteiger partial charge in [-0.3, -0.25) is 4.55 Å². The minimum atomic E-state index is -2.29. The van der Waals surface area contributed by atoms with Crippen LogP contribution in [0.3, 0.4) is 0 Å². The van der Waals surface area contributed by atoms with Crippen LogP contribution in [0, 0.1) is 6.92 Å². The third-order valence-corrected chi connectivity index (χ3v) is 2.12. The van der Waals surface area contributed by atoms with Crippen LogP contribution in [0.4, 0.5) is 6.01 Å². The van der Waals surface area contributed by atoms with Crippen molar-refractivity contribution in [3.63, 3.8) is 0 Å². The number of aryl methyl sites for hydroxylation is 1. The number of aromatic nitrogens is 1. The van der Waals surface area contributed by atoms with E-state index in [1.165, 1.54) is 14.0 Å². The van der Waals surface area contributed by atoms with E-state index in [0.29, 0.717) is 0 Å². The minimum absolute atomic E-state index is 0.0878. The highest BCUT2D eigenvalue weighted by Crippen LogP contribution is 2.17. The number of oxazole rings is 1. The molecule has 0 bridgehead atoms. The van der Waals surface area contributed by atoms with Crippen LogP contribution in [0.25, 0.3) is 0 Å². The first kappa shape index (κ1) is 10.7. The molecule has 7 nitrogen and oxygen atoms in total. The zero-order valence-corrected chi connectivity index (χ0v) is 8.24. The lowest BCUT2D eigenvalue weighted by Gasteiger charge is -2.06. The first-order valence-corrected chi connectivity index (χ1v) is 4.55. The quantitative estimate of drug-likeness (QED) is 0.708. The molecule has 14 heavy (non-hydrogen) atoms. The van der Waals surface area contributed by atoms with Crippen LogP contribution >= 0.6 is 0 Å². The van der Waals surface area contributed by atoms with E-state index in [2.05, 4.69) is 4.98 Å². The summed E-state index contributed by atoms with van der Waals surface area (Å²) < 4.78 is 24.9. The number of aromatic carboxylic acids is 1. The van der Waals surface area contributed by atoms with E-state index in [1.54, 1.807) is 0 Å². The molecular formula is C6H8N2O5S. The van der Waals surface area contributed by atoms with Gasteiger partial charge < -0.3 is 9.52 Å². The van der Waals surface area contributed by atoms with Crippen molar-refractivity contribution in [3.8, 4) is 0 Å². The Hall–Kier alpha value is -1.41. The Balaban J connectivity index is 3.08. The Labute approximate surface area is 81.8 Å². The van der Waals surface area contributed by atoms with Crippen LogP contribution in [-0.2, 0) is 11.3 Å². The van der Waals surface area contributed by atoms with Gasteiger partial charge in [-0.1, -0.05) is 0 Å². The van der Waals surface area contributed by atoms with Crippen molar-refractivity contribution in [3.05, 3.63) is 11.5 Å². The van der Waals surface area contributed by atoms with Gasteiger partial charge in [0.05, 0.1) is 0 Å². The molecule has 1 heterocycles. The number of hydrogen-bond donors (Lipinski definition) is 2. The van der Waals surface area contributed by atoms with Gasteiger partial charge in [0.15, 0.2) is 5.69 Å². The lowest BCUT2D eigenvalue weighted by Crippen LogP contribution is -2.19. The molecule has 0 saturated heterocycles. The van der Waals surface area contributed by atoms with Gasteiger partial charge in [-0.2, -0.15) is 4.98 Å². The van der Waals surface area contributed by atoms with E-state index in [-0.39, 0.29) is 17.5 Å². The van der Waals surface area contributed by atoms with Crippen LogP contribution in [0.2, 0.25) is 0 Å². The third kappa shape index (κ3) is 1.91.